The van der Waals surface area contributed by atoms with Crippen molar-refractivity contribution in [2.45, 2.75) is 13.3 Å². The normalized spacial score (nSPS) is 11.4. The van der Waals surface area contributed by atoms with Crippen LogP contribution in [0.15, 0.2) is 0 Å². The van der Waals surface area contributed by atoms with Crippen molar-refractivity contribution in [3.05, 3.63) is 0 Å². The van der Waals surface area contributed by atoms with Crippen LogP contribution in [-0.2, 0) is 14.3 Å². The maximum Gasteiger partial charge on any atom is 0.374 e. The van der Waals surface area contributed by atoms with E-state index >= 15 is 0 Å². The summed E-state index contributed by atoms with van der Waals surface area (Å²) in [7, 11) is 1.14. The molecular formula is C7H9NO3. The number of ether oxygens (including phenoxy) is 1. The molecule has 0 fully saturated rings. The van der Waals surface area contributed by atoms with E-state index in [1.165, 1.54) is 0 Å². The summed E-state index contributed by atoms with van der Waals surface area (Å²) in [6, 6.07) is 1.85. The number of methoxy groups -OCH3 is 1. The van der Waals surface area contributed by atoms with Gasteiger partial charge in [-0.05, 0) is 6.92 Å². The number of esters is 1. The molecule has 0 aromatic rings. The van der Waals surface area contributed by atoms with Crippen LogP contribution >= 0.6 is 0 Å². The monoisotopic (exact) mass is 155 g/mol. The van der Waals surface area contributed by atoms with Crippen LogP contribution in [0.2, 0.25) is 0 Å². The van der Waals surface area contributed by atoms with Crippen molar-refractivity contribution in [2.24, 2.45) is 5.92 Å². The number of rotatable bonds is 3. The van der Waals surface area contributed by atoms with E-state index < -0.39 is 17.7 Å². The minimum atomic E-state index is -0.882. The average Bonchev–Trinajstić information content (AvgIpc) is 2.02. The van der Waals surface area contributed by atoms with Crippen molar-refractivity contribution in [1.29, 1.82) is 5.26 Å². The predicted octanol–water partition coefficient (Wildman–Crippen LogP) is 0.278. The van der Waals surface area contributed by atoms with Crippen molar-refractivity contribution in [2.75, 3.05) is 7.11 Å². The van der Waals surface area contributed by atoms with Crippen LogP contribution in [0.4, 0.5) is 0 Å². The van der Waals surface area contributed by atoms with Gasteiger partial charge in [-0.3, -0.25) is 4.79 Å². The number of nitrogens with zero attached hydrogens (tertiary/aromatic N) is 1. The average molecular weight is 155 g/mol. The second kappa shape index (κ2) is 4.45. The lowest BCUT2D eigenvalue weighted by atomic mass is 10.1. The van der Waals surface area contributed by atoms with Crippen LogP contribution in [0.5, 0.6) is 0 Å². The number of hydrogen-bond donors (Lipinski definition) is 0. The van der Waals surface area contributed by atoms with Gasteiger partial charge in [-0.15, -0.1) is 0 Å². The van der Waals surface area contributed by atoms with Gasteiger partial charge in [-0.1, -0.05) is 0 Å². The maximum atomic E-state index is 10.7. The number of Topliss-reactive ketones (excluding diaryl/α,β-unsaturated/α-hetero) is 1. The predicted molar refractivity (Wildman–Crippen MR) is 36.4 cm³/mol. The fourth-order valence-electron chi connectivity index (χ4n) is 0.521. The zero-order chi connectivity index (χ0) is 8.85. The Labute approximate surface area is 64.8 Å². The Bertz CT molecular complexity index is 204. The van der Waals surface area contributed by atoms with Crippen molar-refractivity contribution < 1.29 is 14.3 Å². The molecule has 0 spiro atoms. The Balaban J connectivity index is 3.90. The number of carbonyl (C=O) groups is 2. The summed E-state index contributed by atoms with van der Waals surface area (Å²) >= 11 is 0. The molecule has 0 heterocycles. The van der Waals surface area contributed by atoms with Crippen LogP contribution in [0.25, 0.3) is 0 Å². The third-order valence-corrected chi connectivity index (χ3v) is 1.13. The van der Waals surface area contributed by atoms with Gasteiger partial charge in [-0.2, -0.15) is 5.26 Å². The van der Waals surface area contributed by atoms with Crippen LogP contribution in [0.1, 0.15) is 13.3 Å². The van der Waals surface area contributed by atoms with Gasteiger partial charge in [0.1, 0.15) is 0 Å². The summed E-state index contributed by atoms with van der Waals surface area (Å²) in [5.41, 5.74) is 0. The molecule has 1 atom stereocenters. The third-order valence-electron chi connectivity index (χ3n) is 1.13. The highest BCUT2D eigenvalue weighted by molar-refractivity contribution is 6.33. The summed E-state index contributed by atoms with van der Waals surface area (Å²) in [5.74, 6) is -1.96. The molecule has 60 valence electrons. The van der Waals surface area contributed by atoms with E-state index in [1.54, 1.807) is 6.92 Å². The van der Waals surface area contributed by atoms with Gasteiger partial charge in [0.25, 0.3) is 0 Å². The summed E-state index contributed by atoms with van der Waals surface area (Å²) in [4.78, 5) is 21.2. The molecule has 4 heteroatoms. The van der Waals surface area contributed by atoms with Crippen molar-refractivity contribution in [1.82, 2.24) is 0 Å². The van der Waals surface area contributed by atoms with E-state index in [-0.39, 0.29) is 6.42 Å². The number of hydrogen-bond acceptors (Lipinski definition) is 4. The van der Waals surface area contributed by atoms with E-state index in [9.17, 15) is 9.59 Å². The lowest BCUT2D eigenvalue weighted by Gasteiger charge is -1.98. The molecule has 0 saturated heterocycles. The summed E-state index contributed by atoms with van der Waals surface area (Å²) < 4.78 is 4.16. The van der Waals surface area contributed by atoms with Gasteiger partial charge in [0.2, 0.25) is 5.78 Å². The Morgan fingerprint density at radius 1 is 1.64 bits per heavy atom. The summed E-state index contributed by atoms with van der Waals surface area (Å²) in [5, 5.41) is 8.28. The van der Waals surface area contributed by atoms with Gasteiger partial charge < -0.3 is 4.74 Å². The van der Waals surface area contributed by atoms with Gasteiger partial charge in [0, 0.05) is 6.42 Å². The highest BCUT2D eigenvalue weighted by atomic mass is 16.5. The van der Waals surface area contributed by atoms with E-state index in [0.29, 0.717) is 0 Å². The smallest absolute Gasteiger partial charge is 0.374 e. The molecule has 0 amide bonds. The molecule has 0 aromatic carbocycles. The van der Waals surface area contributed by atoms with Gasteiger partial charge >= 0.3 is 5.97 Å². The van der Waals surface area contributed by atoms with Crippen LogP contribution in [-0.4, -0.2) is 18.9 Å². The Morgan fingerprint density at radius 2 is 2.18 bits per heavy atom. The van der Waals surface area contributed by atoms with E-state index in [1.807, 2.05) is 6.07 Å². The van der Waals surface area contributed by atoms with Gasteiger partial charge in [0.05, 0.1) is 19.1 Å². The van der Waals surface area contributed by atoms with Crippen LogP contribution in [0, 0.1) is 17.2 Å². The SMILES string of the molecule is COC(=O)C(=O)CC(C)C#N. The van der Waals surface area contributed by atoms with E-state index in [2.05, 4.69) is 4.74 Å². The van der Waals surface area contributed by atoms with Gasteiger partial charge in [0.15, 0.2) is 0 Å². The van der Waals surface area contributed by atoms with Crippen LogP contribution in [0.3, 0.4) is 0 Å². The van der Waals surface area contributed by atoms with E-state index in [4.69, 9.17) is 5.26 Å². The Morgan fingerprint density at radius 3 is 2.55 bits per heavy atom. The number of nitriles is 1. The first-order valence-electron chi connectivity index (χ1n) is 3.12. The molecule has 0 aliphatic rings. The zero-order valence-corrected chi connectivity index (χ0v) is 6.46. The lowest BCUT2D eigenvalue weighted by Crippen LogP contribution is -2.17. The van der Waals surface area contributed by atoms with Crippen molar-refractivity contribution in [3.8, 4) is 6.07 Å². The fourth-order valence-corrected chi connectivity index (χ4v) is 0.521. The zero-order valence-electron chi connectivity index (χ0n) is 6.46. The highest BCUT2D eigenvalue weighted by Gasteiger charge is 2.16. The van der Waals surface area contributed by atoms with E-state index in [0.717, 1.165) is 7.11 Å². The standard InChI is InChI=1S/C7H9NO3/c1-5(4-8)3-6(9)7(10)11-2/h5H,3H2,1-2H3. The summed E-state index contributed by atoms with van der Waals surface area (Å²) in [6.45, 7) is 1.57. The lowest BCUT2D eigenvalue weighted by molar-refractivity contribution is -0.151. The first-order chi connectivity index (χ1) is 5.11. The molecule has 0 saturated carbocycles. The second-order valence-corrected chi connectivity index (χ2v) is 2.15. The highest BCUT2D eigenvalue weighted by Crippen LogP contribution is 2.00. The molecule has 0 radical (unpaired) electrons. The molecule has 0 aromatic heterocycles. The minimum absolute atomic E-state index is 0.0663. The maximum absolute atomic E-state index is 10.7. The fraction of sp³-hybridized carbons (Fsp3) is 0.571. The largest absolute Gasteiger partial charge is 0.463 e. The number of carbonyl (C=O) groups excluding carboxylic acids is 2. The third kappa shape index (κ3) is 3.36. The Hall–Kier alpha value is -1.37. The molecule has 0 rings (SSSR count). The first-order valence-corrected chi connectivity index (χ1v) is 3.12. The van der Waals surface area contributed by atoms with Crippen molar-refractivity contribution >= 4 is 11.8 Å². The first kappa shape index (κ1) is 9.63. The van der Waals surface area contributed by atoms with Gasteiger partial charge in [-0.25, -0.2) is 4.79 Å². The molecule has 0 aliphatic carbocycles. The molecule has 0 aliphatic heterocycles. The molecule has 11 heavy (non-hydrogen) atoms. The summed E-state index contributed by atoms with van der Waals surface area (Å²) in [6.07, 6.45) is -0.0663. The molecule has 0 bridgehead atoms. The minimum Gasteiger partial charge on any atom is -0.463 e. The topological polar surface area (TPSA) is 67.2 Å². The quantitative estimate of drug-likeness (QED) is 0.433. The number of ketones is 1. The molecule has 1 unspecified atom stereocenters. The Kier molecular flexibility index (Phi) is 3.89. The molecule has 4 nitrogen and oxygen atoms in total. The van der Waals surface area contributed by atoms with Crippen molar-refractivity contribution in [3.63, 3.8) is 0 Å². The second-order valence-electron chi connectivity index (χ2n) is 2.15. The van der Waals surface area contributed by atoms with Crippen LogP contribution < -0.4 is 0 Å². The molecular weight excluding hydrogens is 146 g/mol. The molecule has 0 N–H and O–H groups in total.